The van der Waals surface area contributed by atoms with E-state index in [0.717, 1.165) is 29.9 Å². The van der Waals surface area contributed by atoms with Crippen molar-refractivity contribution in [1.82, 2.24) is 20.7 Å². The van der Waals surface area contributed by atoms with E-state index in [1.807, 2.05) is 24.3 Å². The largest absolute Gasteiger partial charge is 0.359 e. The SMILES string of the molecule is CCC(CC)c1cc(CNC(=NCC(=O)N(C)C)NC(C)c2ccccc2)on1.I. The molecule has 0 radical (unpaired) electrons. The van der Waals surface area contributed by atoms with Gasteiger partial charge in [-0.2, -0.15) is 0 Å². The first-order valence-electron chi connectivity index (χ1n) is 10.2. The highest BCUT2D eigenvalue weighted by Gasteiger charge is 2.14. The van der Waals surface area contributed by atoms with Crippen molar-refractivity contribution in [3.05, 3.63) is 53.4 Å². The summed E-state index contributed by atoms with van der Waals surface area (Å²) in [6.07, 6.45) is 2.07. The minimum atomic E-state index is -0.0610. The second kappa shape index (κ2) is 13.3. The quantitative estimate of drug-likeness (QED) is 0.292. The third-order valence-corrected chi connectivity index (χ3v) is 4.94. The van der Waals surface area contributed by atoms with Crippen LogP contribution >= 0.6 is 24.0 Å². The highest BCUT2D eigenvalue weighted by molar-refractivity contribution is 14.0. The molecular formula is C22H34IN5O2. The Hall–Kier alpha value is -2.10. The van der Waals surface area contributed by atoms with Crippen molar-refractivity contribution in [2.75, 3.05) is 20.6 Å². The maximum absolute atomic E-state index is 12.0. The molecule has 0 fully saturated rings. The molecule has 2 aromatic rings. The van der Waals surface area contributed by atoms with Gasteiger partial charge in [-0.05, 0) is 25.3 Å². The molecule has 8 heteroatoms. The van der Waals surface area contributed by atoms with Gasteiger partial charge in [-0.25, -0.2) is 4.99 Å². The van der Waals surface area contributed by atoms with Gasteiger partial charge in [0.2, 0.25) is 5.91 Å². The molecule has 1 aromatic heterocycles. The van der Waals surface area contributed by atoms with Gasteiger partial charge in [0, 0.05) is 26.1 Å². The van der Waals surface area contributed by atoms with E-state index in [4.69, 9.17) is 4.52 Å². The molecule has 2 rings (SSSR count). The fourth-order valence-electron chi connectivity index (χ4n) is 2.95. The van der Waals surface area contributed by atoms with Gasteiger partial charge in [0.15, 0.2) is 11.7 Å². The number of halogens is 1. The minimum absolute atomic E-state index is 0. The van der Waals surface area contributed by atoms with Crippen LogP contribution in [-0.4, -0.2) is 42.6 Å². The summed E-state index contributed by atoms with van der Waals surface area (Å²) in [4.78, 5) is 17.9. The Balaban J connectivity index is 0.00000450. The Labute approximate surface area is 196 Å². The first kappa shape index (κ1) is 25.9. The van der Waals surface area contributed by atoms with Crippen molar-refractivity contribution in [3.63, 3.8) is 0 Å². The van der Waals surface area contributed by atoms with Crippen LogP contribution in [0.1, 0.15) is 62.6 Å². The van der Waals surface area contributed by atoms with Crippen molar-refractivity contribution < 1.29 is 9.32 Å². The van der Waals surface area contributed by atoms with Crippen LogP contribution in [0.15, 0.2) is 45.9 Å². The maximum atomic E-state index is 12.0. The average Bonchev–Trinajstić information content (AvgIpc) is 3.19. The molecule has 0 saturated heterocycles. The topological polar surface area (TPSA) is 82.8 Å². The van der Waals surface area contributed by atoms with E-state index in [2.05, 4.69) is 53.7 Å². The number of nitrogens with zero attached hydrogens (tertiary/aromatic N) is 3. The van der Waals surface area contributed by atoms with Crippen LogP contribution in [0.2, 0.25) is 0 Å². The number of aliphatic imine (C=N–C) groups is 1. The summed E-state index contributed by atoms with van der Waals surface area (Å²) in [6, 6.07) is 12.1. The van der Waals surface area contributed by atoms with Gasteiger partial charge >= 0.3 is 0 Å². The number of likely N-dealkylation sites (N-methyl/N-ethyl adjacent to an activating group) is 1. The number of carbonyl (C=O) groups excluding carboxylic acids is 1. The first-order valence-corrected chi connectivity index (χ1v) is 10.2. The van der Waals surface area contributed by atoms with E-state index in [1.54, 1.807) is 14.1 Å². The Morgan fingerprint density at radius 1 is 1.20 bits per heavy atom. The molecule has 0 aliphatic rings. The molecule has 1 aromatic carbocycles. The molecule has 7 nitrogen and oxygen atoms in total. The second-order valence-corrected chi connectivity index (χ2v) is 7.31. The lowest BCUT2D eigenvalue weighted by Crippen LogP contribution is -2.39. The van der Waals surface area contributed by atoms with Gasteiger partial charge in [0.1, 0.15) is 6.54 Å². The van der Waals surface area contributed by atoms with Crippen LogP contribution in [-0.2, 0) is 11.3 Å². The Bertz CT molecular complexity index is 788. The van der Waals surface area contributed by atoms with Crippen molar-refractivity contribution in [3.8, 4) is 0 Å². The zero-order valence-electron chi connectivity index (χ0n) is 18.5. The number of rotatable bonds is 9. The monoisotopic (exact) mass is 527 g/mol. The van der Waals surface area contributed by atoms with E-state index in [-0.39, 0.29) is 42.5 Å². The summed E-state index contributed by atoms with van der Waals surface area (Å²) in [6.45, 7) is 6.88. The average molecular weight is 527 g/mol. The van der Waals surface area contributed by atoms with E-state index >= 15 is 0 Å². The first-order chi connectivity index (χ1) is 13.9. The predicted molar refractivity (Wildman–Crippen MR) is 131 cm³/mol. The van der Waals surface area contributed by atoms with E-state index < -0.39 is 0 Å². The smallest absolute Gasteiger partial charge is 0.243 e. The Kier molecular flexibility index (Phi) is 11.5. The van der Waals surface area contributed by atoms with Crippen LogP contribution < -0.4 is 10.6 Å². The highest BCUT2D eigenvalue weighted by atomic mass is 127. The lowest BCUT2D eigenvalue weighted by Gasteiger charge is -2.18. The van der Waals surface area contributed by atoms with Gasteiger partial charge < -0.3 is 20.1 Å². The second-order valence-electron chi connectivity index (χ2n) is 7.31. The van der Waals surface area contributed by atoms with Crippen LogP contribution in [0.3, 0.4) is 0 Å². The summed E-state index contributed by atoms with van der Waals surface area (Å²) in [5, 5.41) is 10.8. The number of hydrogen-bond acceptors (Lipinski definition) is 4. The van der Waals surface area contributed by atoms with Crippen molar-refractivity contribution in [1.29, 1.82) is 0 Å². The molecule has 1 amide bonds. The summed E-state index contributed by atoms with van der Waals surface area (Å²) in [5.74, 6) is 1.65. The molecule has 0 aliphatic carbocycles. The summed E-state index contributed by atoms with van der Waals surface area (Å²) >= 11 is 0. The number of carbonyl (C=O) groups is 1. The number of hydrogen-bond donors (Lipinski definition) is 2. The van der Waals surface area contributed by atoms with Crippen LogP contribution in [0.5, 0.6) is 0 Å². The predicted octanol–water partition coefficient (Wildman–Crippen LogP) is 4.08. The standard InChI is InChI=1S/C22H33N5O2.HI/c1-6-17(7-2)20-13-19(29-26-20)14-23-22(24-15-21(28)27(4)5)25-16(3)18-11-9-8-10-12-18;/h8-13,16-17H,6-7,14-15H2,1-5H3,(H2,23,24,25);1H. The van der Waals surface area contributed by atoms with E-state index in [0.29, 0.717) is 18.4 Å². The number of nitrogens with one attached hydrogen (secondary N) is 2. The van der Waals surface area contributed by atoms with Gasteiger partial charge in [-0.15, -0.1) is 24.0 Å². The zero-order chi connectivity index (χ0) is 21.2. The molecular weight excluding hydrogens is 493 g/mol. The van der Waals surface area contributed by atoms with Crippen molar-refractivity contribution >= 4 is 35.8 Å². The number of benzene rings is 1. The van der Waals surface area contributed by atoms with E-state index in [1.165, 1.54) is 4.90 Å². The van der Waals surface area contributed by atoms with E-state index in [9.17, 15) is 4.79 Å². The maximum Gasteiger partial charge on any atom is 0.243 e. The fourth-order valence-corrected chi connectivity index (χ4v) is 2.95. The van der Waals surface area contributed by atoms with Gasteiger partial charge in [-0.1, -0.05) is 49.3 Å². The molecule has 0 bridgehead atoms. The van der Waals surface area contributed by atoms with Crippen LogP contribution in [0.25, 0.3) is 0 Å². The number of guanidine groups is 1. The third-order valence-electron chi connectivity index (χ3n) is 4.94. The van der Waals surface area contributed by atoms with Crippen LogP contribution in [0.4, 0.5) is 0 Å². The molecule has 166 valence electrons. The lowest BCUT2D eigenvalue weighted by molar-refractivity contribution is -0.127. The molecule has 1 heterocycles. The minimum Gasteiger partial charge on any atom is -0.359 e. The van der Waals surface area contributed by atoms with Gasteiger partial charge in [0.25, 0.3) is 0 Å². The van der Waals surface area contributed by atoms with Crippen LogP contribution in [0, 0.1) is 0 Å². The zero-order valence-corrected chi connectivity index (χ0v) is 20.8. The highest BCUT2D eigenvalue weighted by Crippen LogP contribution is 2.22. The summed E-state index contributed by atoms with van der Waals surface area (Å²) in [7, 11) is 3.44. The summed E-state index contributed by atoms with van der Waals surface area (Å²) in [5.41, 5.74) is 2.12. The Morgan fingerprint density at radius 2 is 1.87 bits per heavy atom. The van der Waals surface area contributed by atoms with Gasteiger partial charge in [-0.3, -0.25) is 4.79 Å². The third kappa shape index (κ3) is 7.97. The fraction of sp³-hybridized carbons (Fsp3) is 0.500. The lowest BCUT2D eigenvalue weighted by atomic mass is 9.99. The molecule has 2 N–H and O–H groups in total. The molecule has 0 aliphatic heterocycles. The molecule has 1 unspecified atom stereocenters. The molecule has 0 spiro atoms. The van der Waals surface area contributed by atoms with Crippen molar-refractivity contribution in [2.24, 2.45) is 4.99 Å². The molecule has 1 atom stereocenters. The number of amides is 1. The van der Waals surface area contributed by atoms with Gasteiger partial charge in [0.05, 0.1) is 18.3 Å². The normalized spacial score (nSPS) is 12.3. The molecule has 0 saturated carbocycles. The molecule has 30 heavy (non-hydrogen) atoms. The van der Waals surface area contributed by atoms with Crippen molar-refractivity contribution in [2.45, 2.75) is 52.1 Å². The summed E-state index contributed by atoms with van der Waals surface area (Å²) < 4.78 is 5.48. The number of aromatic nitrogens is 1. The Morgan fingerprint density at radius 3 is 2.47 bits per heavy atom.